The Morgan fingerprint density at radius 1 is 1.60 bits per heavy atom. The lowest BCUT2D eigenvalue weighted by Gasteiger charge is -2.15. The van der Waals surface area contributed by atoms with Gasteiger partial charge in [0.25, 0.3) is 5.91 Å². The zero-order valence-corrected chi connectivity index (χ0v) is 8.49. The van der Waals surface area contributed by atoms with Gasteiger partial charge < -0.3 is 4.84 Å². The van der Waals surface area contributed by atoms with E-state index in [0.717, 1.165) is 5.06 Å². The summed E-state index contributed by atoms with van der Waals surface area (Å²) in [6.45, 7) is 3.63. The van der Waals surface area contributed by atoms with Crippen LogP contribution in [-0.4, -0.2) is 16.9 Å². The number of hydrogen-bond donors (Lipinski definition) is 0. The molecule has 0 aromatic heterocycles. The van der Waals surface area contributed by atoms with E-state index in [4.69, 9.17) is 11.3 Å². The number of allylic oxidation sites excluding steroid dienone is 1. The summed E-state index contributed by atoms with van der Waals surface area (Å²) >= 11 is 0. The molecule has 15 heavy (non-hydrogen) atoms. The van der Waals surface area contributed by atoms with Crippen molar-refractivity contribution in [2.45, 2.75) is 32.1 Å². The van der Waals surface area contributed by atoms with E-state index in [2.05, 4.69) is 12.5 Å². The van der Waals surface area contributed by atoms with Gasteiger partial charge in [-0.2, -0.15) is 0 Å². The summed E-state index contributed by atoms with van der Waals surface area (Å²) < 4.78 is 0. The maximum Gasteiger partial charge on any atom is 0.333 e. The molecule has 0 atom stereocenters. The van der Waals surface area contributed by atoms with E-state index >= 15 is 0 Å². The second-order valence-corrected chi connectivity index (χ2v) is 3.28. The molecule has 1 aliphatic rings. The lowest BCUT2D eigenvalue weighted by molar-refractivity contribution is -0.186. The lowest BCUT2D eigenvalue weighted by Crippen LogP contribution is -2.26. The molecule has 4 nitrogen and oxygen atoms in total. The van der Waals surface area contributed by atoms with Crippen molar-refractivity contribution < 1.29 is 14.4 Å². The first-order valence-electron chi connectivity index (χ1n) is 4.80. The van der Waals surface area contributed by atoms with Crippen LogP contribution in [0.15, 0.2) is 12.3 Å². The monoisotopic (exact) mass is 207 g/mol. The lowest BCUT2D eigenvalue weighted by atomic mass is 10.2. The van der Waals surface area contributed by atoms with Crippen molar-refractivity contribution >= 4 is 11.9 Å². The standard InChI is InChI=1S/C11H13NO3/c1-3-4-5-6-11(14)15-12-9(2)7-8-10(12)13/h1H,2,4-8H2. The fourth-order valence-electron chi connectivity index (χ4n) is 1.23. The number of carbonyl (C=O) groups excluding carboxylic acids is 2. The SMILES string of the molecule is C#CCCCC(=O)ON1C(=C)CCC1=O. The Balaban J connectivity index is 2.34. The topological polar surface area (TPSA) is 46.6 Å². The van der Waals surface area contributed by atoms with Crippen LogP contribution in [-0.2, 0) is 14.4 Å². The van der Waals surface area contributed by atoms with Crippen molar-refractivity contribution in [2.75, 3.05) is 0 Å². The average molecular weight is 207 g/mol. The Morgan fingerprint density at radius 2 is 2.33 bits per heavy atom. The van der Waals surface area contributed by atoms with Crippen LogP contribution in [0, 0.1) is 12.3 Å². The van der Waals surface area contributed by atoms with Crippen LogP contribution >= 0.6 is 0 Å². The Hall–Kier alpha value is -1.76. The minimum Gasteiger partial charge on any atom is -0.334 e. The van der Waals surface area contributed by atoms with Gasteiger partial charge in [0.2, 0.25) is 0 Å². The van der Waals surface area contributed by atoms with E-state index in [1.165, 1.54) is 0 Å². The molecule has 80 valence electrons. The van der Waals surface area contributed by atoms with Gasteiger partial charge in [-0.3, -0.25) is 4.79 Å². The zero-order valence-electron chi connectivity index (χ0n) is 8.49. The maximum absolute atomic E-state index is 11.2. The fourth-order valence-corrected chi connectivity index (χ4v) is 1.23. The first-order valence-corrected chi connectivity index (χ1v) is 4.80. The summed E-state index contributed by atoms with van der Waals surface area (Å²) in [4.78, 5) is 27.3. The van der Waals surface area contributed by atoms with Crippen LogP contribution in [0.25, 0.3) is 0 Å². The minimum absolute atomic E-state index is 0.217. The molecule has 1 rings (SSSR count). The van der Waals surface area contributed by atoms with E-state index < -0.39 is 5.97 Å². The molecule has 0 aromatic carbocycles. The number of hydrogen-bond acceptors (Lipinski definition) is 3. The van der Waals surface area contributed by atoms with Gasteiger partial charge in [-0.05, 0) is 12.8 Å². The van der Waals surface area contributed by atoms with E-state index in [1.54, 1.807) is 0 Å². The summed E-state index contributed by atoms with van der Waals surface area (Å²) in [7, 11) is 0. The molecule has 0 aliphatic carbocycles. The van der Waals surface area contributed by atoms with Gasteiger partial charge in [-0.25, -0.2) is 4.79 Å². The number of unbranched alkanes of at least 4 members (excludes halogenated alkanes) is 1. The van der Waals surface area contributed by atoms with Crippen molar-refractivity contribution in [2.24, 2.45) is 0 Å². The molecular formula is C11H13NO3. The average Bonchev–Trinajstić information content (AvgIpc) is 2.50. The highest BCUT2D eigenvalue weighted by atomic mass is 16.7. The quantitative estimate of drug-likeness (QED) is 0.517. The number of amides is 1. The molecule has 1 fully saturated rings. The third-order valence-electron chi connectivity index (χ3n) is 2.04. The van der Waals surface area contributed by atoms with Gasteiger partial charge in [0.05, 0.1) is 5.70 Å². The fraction of sp³-hybridized carbons (Fsp3) is 0.455. The van der Waals surface area contributed by atoms with Crippen LogP contribution in [0.5, 0.6) is 0 Å². The van der Waals surface area contributed by atoms with Crippen LogP contribution in [0.4, 0.5) is 0 Å². The first-order chi connectivity index (χ1) is 7.15. The second-order valence-electron chi connectivity index (χ2n) is 3.28. The highest BCUT2D eigenvalue weighted by molar-refractivity contribution is 5.82. The van der Waals surface area contributed by atoms with Crippen molar-refractivity contribution in [3.8, 4) is 12.3 Å². The second kappa shape index (κ2) is 5.20. The highest BCUT2D eigenvalue weighted by Gasteiger charge is 2.27. The molecule has 0 saturated carbocycles. The molecule has 1 saturated heterocycles. The third-order valence-corrected chi connectivity index (χ3v) is 2.04. The van der Waals surface area contributed by atoms with Crippen molar-refractivity contribution in [1.82, 2.24) is 5.06 Å². The highest BCUT2D eigenvalue weighted by Crippen LogP contribution is 2.21. The molecule has 0 bridgehead atoms. The van der Waals surface area contributed by atoms with Gasteiger partial charge in [0.1, 0.15) is 0 Å². The van der Waals surface area contributed by atoms with Crippen LogP contribution in [0.1, 0.15) is 32.1 Å². The molecule has 1 aliphatic heterocycles. The van der Waals surface area contributed by atoms with E-state index in [0.29, 0.717) is 31.4 Å². The summed E-state index contributed by atoms with van der Waals surface area (Å²) in [5.74, 6) is 1.77. The summed E-state index contributed by atoms with van der Waals surface area (Å²) in [6.07, 6.45) is 7.28. The van der Waals surface area contributed by atoms with Crippen molar-refractivity contribution in [3.05, 3.63) is 12.3 Å². The smallest absolute Gasteiger partial charge is 0.333 e. The van der Waals surface area contributed by atoms with E-state index in [1.807, 2.05) is 0 Å². The molecule has 0 radical (unpaired) electrons. The third kappa shape index (κ3) is 3.13. The Bertz CT molecular complexity index is 311. The van der Waals surface area contributed by atoms with Gasteiger partial charge >= 0.3 is 5.97 Å². The molecule has 0 aromatic rings. The molecule has 1 amide bonds. The Labute approximate surface area is 88.8 Å². The van der Waals surface area contributed by atoms with Crippen molar-refractivity contribution in [3.63, 3.8) is 0 Å². The summed E-state index contributed by atoms with van der Waals surface area (Å²) in [5.41, 5.74) is 0.533. The molecule has 0 unspecified atom stereocenters. The number of hydroxylamine groups is 2. The zero-order chi connectivity index (χ0) is 11.3. The molecule has 4 heteroatoms. The van der Waals surface area contributed by atoms with E-state index in [-0.39, 0.29) is 12.3 Å². The molecular weight excluding hydrogens is 194 g/mol. The molecule has 0 N–H and O–H groups in total. The number of carbonyl (C=O) groups is 2. The number of nitrogens with zero attached hydrogens (tertiary/aromatic N) is 1. The minimum atomic E-state index is -0.443. The number of rotatable bonds is 4. The molecule has 0 spiro atoms. The normalized spacial score (nSPS) is 15.3. The van der Waals surface area contributed by atoms with Crippen LogP contribution in [0.3, 0.4) is 0 Å². The Kier molecular flexibility index (Phi) is 3.92. The van der Waals surface area contributed by atoms with Gasteiger partial charge in [-0.1, -0.05) is 6.58 Å². The predicted octanol–water partition coefficient (Wildman–Crippen LogP) is 1.38. The summed E-state index contributed by atoms with van der Waals surface area (Å²) in [5, 5.41) is 0.984. The van der Waals surface area contributed by atoms with E-state index in [9.17, 15) is 9.59 Å². The first kappa shape index (κ1) is 11.3. The predicted molar refractivity (Wildman–Crippen MR) is 54.0 cm³/mol. The summed E-state index contributed by atoms with van der Waals surface area (Å²) in [6, 6.07) is 0. The largest absolute Gasteiger partial charge is 0.334 e. The maximum atomic E-state index is 11.2. The number of terminal acetylenes is 1. The van der Waals surface area contributed by atoms with Crippen LogP contribution in [0.2, 0.25) is 0 Å². The van der Waals surface area contributed by atoms with Gasteiger partial charge in [0, 0.05) is 19.3 Å². The Morgan fingerprint density at radius 3 is 2.87 bits per heavy atom. The van der Waals surface area contributed by atoms with Gasteiger partial charge in [0.15, 0.2) is 0 Å². The van der Waals surface area contributed by atoms with Crippen molar-refractivity contribution in [1.29, 1.82) is 0 Å². The van der Waals surface area contributed by atoms with Gasteiger partial charge in [-0.15, -0.1) is 17.4 Å². The molecule has 1 heterocycles. The van der Waals surface area contributed by atoms with Crippen LogP contribution < -0.4 is 0 Å².